The molecule has 8 nitrogen and oxygen atoms in total. The van der Waals surface area contributed by atoms with E-state index in [1.54, 1.807) is 0 Å². The number of carbonyl (C=O) groups is 1. The van der Waals surface area contributed by atoms with E-state index in [1.807, 2.05) is 54.6 Å². The fourth-order valence-corrected chi connectivity index (χ4v) is 5.09. The monoisotopic (exact) mass is 469 g/mol. The third-order valence-electron chi connectivity index (χ3n) is 7.09. The molecule has 8 heteroatoms. The number of nitrogens with one attached hydrogen (secondary N) is 1. The summed E-state index contributed by atoms with van der Waals surface area (Å²) in [6.07, 6.45) is 1.65. The molecule has 35 heavy (non-hydrogen) atoms. The minimum absolute atomic E-state index is 0.495. The molecule has 2 aromatic carbocycles. The molecule has 178 valence electrons. The highest BCUT2D eigenvalue weighted by molar-refractivity contribution is 5.81. The van der Waals surface area contributed by atoms with Crippen molar-refractivity contribution in [3.8, 4) is 17.1 Å². The minimum atomic E-state index is -0.986. The van der Waals surface area contributed by atoms with Gasteiger partial charge in [0, 0.05) is 24.3 Å². The van der Waals surface area contributed by atoms with Crippen LogP contribution in [0.3, 0.4) is 0 Å². The summed E-state index contributed by atoms with van der Waals surface area (Å²) in [6, 6.07) is 22.3. The third-order valence-corrected chi connectivity index (χ3v) is 7.09. The quantitative estimate of drug-likeness (QED) is 0.445. The molecule has 2 fully saturated rings. The van der Waals surface area contributed by atoms with E-state index in [9.17, 15) is 9.90 Å². The standard InChI is InChI=1S/C27H27N5O3/c33-26(34)30-27(13-4-14-27)20-7-9-21(10-8-20)32-24(19-5-2-1-3-6-19)28-22-11-12-23(29-25(22)32)31-15-17-35-18-16-31/h1-3,5-12,30H,4,13-18H2,(H,33,34). The van der Waals surface area contributed by atoms with E-state index < -0.39 is 11.6 Å². The fourth-order valence-electron chi connectivity index (χ4n) is 5.09. The smallest absolute Gasteiger partial charge is 0.405 e. The second-order valence-corrected chi connectivity index (χ2v) is 9.16. The zero-order chi connectivity index (χ0) is 23.8. The number of hydrogen-bond donors (Lipinski definition) is 2. The van der Waals surface area contributed by atoms with Crippen LogP contribution in [0.4, 0.5) is 10.6 Å². The average molecular weight is 470 g/mol. The second kappa shape index (κ2) is 8.70. The van der Waals surface area contributed by atoms with Crippen LogP contribution in [0.5, 0.6) is 0 Å². The van der Waals surface area contributed by atoms with Gasteiger partial charge in [-0.25, -0.2) is 14.8 Å². The first-order valence-electron chi connectivity index (χ1n) is 12.0. The van der Waals surface area contributed by atoms with Gasteiger partial charge in [-0.05, 0) is 49.1 Å². The molecular formula is C27H27N5O3. The van der Waals surface area contributed by atoms with Crippen LogP contribution in [-0.2, 0) is 10.3 Å². The zero-order valence-corrected chi connectivity index (χ0v) is 19.4. The molecule has 0 unspecified atom stereocenters. The Balaban J connectivity index is 1.46. The SMILES string of the molecule is O=C(O)NC1(c2ccc(-n3c(-c4ccccc4)nc4ccc(N5CCOCC5)nc43)cc2)CCC1. The highest BCUT2D eigenvalue weighted by atomic mass is 16.5. The van der Waals surface area contributed by atoms with E-state index in [0.717, 1.165) is 72.0 Å². The number of imidazole rings is 1. The van der Waals surface area contributed by atoms with Crippen molar-refractivity contribution >= 4 is 23.1 Å². The second-order valence-electron chi connectivity index (χ2n) is 9.16. The lowest BCUT2D eigenvalue weighted by Crippen LogP contribution is -2.50. The number of amides is 1. The van der Waals surface area contributed by atoms with Gasteiger partial charge in [0.25, 0.3) is 0 Å². The molecule has 1 aliphatic carbocycles. The van der Waals surface area contributed by atoms with Crippen molar-refractivity contribution in [3.05, 3.63) is 72.3 Å². The van der Waals surface area contributed by atoms with Crippen molar-refractivity contribution < 1.29 is 14.6 Å². The number of ether oxygens (including phenoxy) is 1. The third kappa shape index (κ3) is 3.89. The number of morpholine rings is 1. The Labute approximate surface area is 203 Å². The largest absolute Gasteiger partial charge is 0.465 e. The summed E-state index contributed by atoms with van der Waals surface area (Å²) in [4.78, 5) is 23.6. The number of benzene rings is 2. The molecule has 1 aliphatic heterocycles. The Bertz CT molecular complexity index is 1360. The molecule has 1 saturated carbocycles. The van der Waals surface area contributed by atoms with Crippen LogP contribution >= 0.6 is 0 Å². The lowest BCUT2D eigenvalue weighted by Gasteiger charge is -2.42. The van der Waals surface area contributed by atoms with Gasteiger partial charge in [-0.15, -0.1) is 0 Å². The molecule has 0 radical (unpaired) electrons. The van der Waals surface area contributed by atoms with E-state index in [2.05, 4.69) is 26.9 Å². The normalized spacial score (nSPS) is 17.2. The van der Waals surface area contributed by atoms with Gasteiger partial charge in [0.2, 0.25) is 0 Å². The molecule has 0 atom stereocenters. The number of pyridine rings is 1. The molecule has 2 N–H and O–H groups in total. The highest BCUT2D eigenvalue weighted by Gasteiger charge is 2.40. The van der Waals surface area contributed by atoms with Crippen molar-refractivity contribution in [2.24, 2.45) is 0 Å². The summed E-state index contributed by atoms with van der Waals surface area (Å²) in [7, 11) is 0. The molecule has 6 rings (SSSR count). The molecular weight excluding hydrogens is 442 g/mol. The number of hydrogen-bond acceptors (Lipinski definition) is 5. The van der Waals surface area contributed by atoms with Gasteiger partial charge in [-0.1, -0.05) is 42.5 Å². The Morgan fingerprint density at radius 1 is 0.943 bits per heavy atom. The zero-order valence-electron chi connectivity index (χ0n) is 19.4. The van der Waals surface area contributed by atoms with Gasteiger partial charge >= 0.3 is 6.09 Å². The molecule has 2 aromatic heterocycles. The van der Waals surface area contributed by atoms with E-state index in [0.29, 0.717) is 13.2 Å². The van der Waals surface area contributed by atoms with Gasteiger partial charge < -0.3 is 20.1 Å². The average Bonchev–Trinajstić information content (AvgIpc) is 3.26. The number of anilines is 1. The summed E-state index contributed by atoms with van der Waals surface area (Å²) in [5.41, 5.74) is 4.06. The lowest BCUT2D eigenvalue weighted by molar-refractivity contribution is 0.122. The van der Waals surface area contributed by atoms with E-state index in [-0.39, 0.29) is 0 Å². The van der Waals surface area contributed by atoms with Crippen molar-refractivity contribution in [2.75, 3.05) is 31.2 Å². The van der Waals surface area contributed by atoms with Gasteiger partial charge in [0.1, 0.15) is 17.2 Å². The molecule has 2 aliphatic rings. The maximum Gasteiger partial charge on any atom is 0.405 e. The van der Waals surface area contributed by atoms with Crippen LogP contribution in [0.1, 0.15) is 24.8 Å². The Kier molecular flexibility index (Phi) is 5.37. The lowest BCUT2D eigenvalue weighted by atomic mass is 9.72. The van der Waals surface area contributed by atoms with Crippen molar-refractivity contribution in [1.29, 1.82) is 0 Å². The maximum atomic E-state index is 11.4. The van der Waals surface area contributed by atoms with Gasteiger partial charge in [-0.3, -0.25) is 4.57 Å². The Morgan fingerprint density at radius 3 is 2.34 bits per heavy atom. The first-order chi connectivity index (χ1) is 17.1. The minimum Gasteiger partial charge on any atom is -0.465 e. The highest BCUT2D eigenvalue weighted by Crippen LogP contribution is 2.41. The van der Waals surface area contributed by atoms with Gasteiger partial charge in [0.15, 0.2) is 5.65 Å². The number of nitrogens with zero attached hydrogens (tertiary/aromatic N) is 4. The van der Waals surface area contributed by atoms with Crippen LogP contribution in [0.2, 0.25) is 0 Å². The molecule has 1 saturated heterocycles. The number of fused-ring (bicyclic) bond motifs is 1. The summed E-state index contributed by atoms with van der Waals surface area (Å²) in [5.74, 6) is 1.74. The number of rotatable bonds is 5. The summed E-state index contributed by atoms with van der Waals surface area (Å²) in [6.45, 7) is 3.01. The molecule has 0 spiro atoms. The first-order valence-corrected chi connectivity index (χ1v) is 12.0. The van der Waals surface area contributed by atoms with Crippen LogP contribution in [-0.4, -0.2) is 52.0 Å². The van der Waals surface area contributed by atoms with E-state index >= 15 is 0 Å². The van der Waals surface area contributed by atoms with Crippen molar-refractivity contribution in [2.45, 2.75) is 24.8 Å². The predicted octanol–water partition coefficient (Wildman–Crippen LogP) is 4.57. The van der Waals surface area contributed by atoms with Crippen LogP contribution in [0.25, 0.3) is 28.2 Å². The predicted molar refractivity (Wildman–Crippen MR) is 134 cm³/mol. The fraction of sp³-hybridized carbons (Fsp3) is 0.296. The van der Waals surface area contributed by atoms with E-state index in [1.165, 1.54) is 0 Å². The number of aromatic nitrogens is 3. The summed E-state index contributed by atoms with van der Waals surface area (Å²) >= 11 is 0. The van der Waals surface area contributed by atoms with Gasteiger partial charge in [0.05, 0.1) is 18.8 Å². The Hall–Kier alpha value is -3.91. The molecule has 4 aromatic rings. The van der Waals surface area contributed by atoms with Crippen molar-refractivity contribution in [1.82, 2.24) is 19.9 Å². The number of carboxylic acid groups (broad SMARTS) is 1. The van der Waals surface area contributed by atoms with Gasteiger partial charge in [-0.2, -0.15) is 0 Å². The topological polar surface area (TPSA) is 92.5 Å². The Morgan fingerprint density at radius 2 is 1.69 bits per heavy atom. The molecule has 1 amide bonds. The first kappa shape index (κ1) is 21.6. The van der Waals surface area contributed by atoms with Crippen LogP contribution in [0, 0.1) is 0 Å². The molecule has 3 heterocycles. The molecule has 0 bridgehead atoms. The summed E-state index contributed by atoms with van der Waals surface area (Å²) < 4.78 is 7.61. The maximum absolute atomic E-state index is 11.4. The van der Waals surface area contributed by atoms with Crippen molar-refractivity contribution in [3.63, 3.8) is 0 Å². The van der Waals surface area contributed by atoms with Crippen LogP contribution < -0.4 is 10.2 Å². The summed E-state index contributed by atoms with van der Waals surface area (Å²) in [5, 5.41) is 12.1. The van der Waals surface area contributed by atoms with Crippen LogP contribution in [0.15, 0.2) is 66.7 Å². The van der Waals surface area contributed by atoms with E-state index in [4.69, 9.17) is 14.7 Å².